The van der Waals surface area contributed by atoms with Crippen LogP contribution < -0.4 is 18.6 Å². The number of rotatable bonds is 1. The second-order valence-electron chi connectivity index (χ2n) is 7.86. The second kappa shape index (κ2) is 6.41. The third-order valence-electron chi connectivity index (χ3n) is 5.71. The summed E-state index contributed by atoms with van der Waals surface area (Å²) in [7, 11) is 0. The zero-order valence-electron chi connectivity index (χ0n) is 16.5. The van der Waals surface area contributed by atoms with Gasteiger partial charge in [-0.1, -0.05) is 0 Å². The zero-order valence-corrected chi connectivity index (χ0v) is 18.2. The van der Waals surface area contributed by atoms with Crippen molar-refractivity contribution in [3.63, 3.8) is 0 Å². The number of ether oxygens (including phenoxy) is 1. The molecule has 3 heterocycles. The molecule has 0 radical (unpaired) electrons. The van der Waals surface area contributed by atoms with Gasteiger partial charge >= 0.3 is 176 Å². The first-order chi connectivity index (χ1) is 14.2. The van der Waals surface area contributed by atoms with E-state index in [9.17, 15) is 0 Å². The average Bonchev–Trinajstić information content (AvgIpc) is 3.09. The van der Waals surface area contributed by atoms with Crippen LogP contribution in [0.2, 0.25) is 0 Å². The molecule has 6 rings (SSSR count). The Bertz CT molecular complexity index is 1270. The maximum absolute atomic E-state index is 6.48. The molecule has 4 heteroatoms. The molecule has 4 aromatic rings. The Kier molecular flexibility index (Phi) is 3.80. The number of nitrogens with zero attached hydrogens (tertiary/aromatic N) is 1. The predicted molar refractivity (Wildman–Crippen MR) is 119 cm³/mol. The van der Waals surface area contributed by atoms with Gasteiger partial charge in [0.25, 0.3) is 0 Å². The molecule has 0 spiro atoms. The summed E-state index contributed by atoms with van der Waals surface area (Å²) in [6.45, 7) is 5.09. The molecule has 0 fully saturated rings. The molecule has 0 saturated carbocycles. The number of fused-ring (bicyclic) bond motifs is 5. The fourth-order valence-corrected chi connectivity index (χ4v) is 6.87. The maximum atomic E-state index is 6.48. The second-order valence-corrected chi connectivity index (χ2v) is 10.1. The standard InChI is InChI=1S/C25H21NO2Se/c1-15-9-11-21-18(13-15)24-25(28-21)26(19-10-8-16(2)14-22(19)29-24)20-7-3-5-17-6-4-12-27-23(17)20/h3,5,7-11,13-14H,4,6,12H2,1-2H3. The number of aryl methyl sites for hydroxylation is 3. The summed E-state index contributed by atoms with van der Waals surface area (Å²) in [6, 6.07) is 19.7. The van der Waals surface area contributed by atoms with Crippen LogP contribution in [0.15, 0.2) is 59.0 Å². The quantitative estimate of drug-likeness (QED) is 0.346. The van der Waals surface area contributed by atoms with Crippen molar-refractivity contribution >= 4 is 52.1 Å². The molecule has 0 N–H and O–H groups in total. The van der Waals surface area contributed by atoms with Gasteiger partial charge in [-0.2, -0.15) is 0 Å². The minimum atomic E-state index is 0.196. The number of hydrogen-bond acceptors (Lipinski definition) is 3. The molecular formula is C25H21NO2Se. The van der Waals surface area contributed by atoms with Crippen LogP contribution in [-0.2, 0) is 6.42 Å². The minimum absolute atomic E-state index is 0.196. The van der Waals surface area contributed by atoms with Gasteiger partial charge in [0.2, 0.25) is 0 Å². The zero-order chi connectivity index (χ0) is 19.5. The van der Waals surface area contributed by atoms with E-state index in [-0.39, 0.29) is 15.0 Å². The van der Waals surface area contributed by atoms with Gasteiger partial charge < -0.3 is 0 Å². The van der Waals surface area contributed by atoms with Crippen LogP contribution in [0.4, 0.5) is 17.3 Å². The summed E-state index contributed by atoms with van der Waals surface area (Å²) >= 11 is 0.196. The molecule has 29 heavy (non-hydrogen) atoms. The Morgan fingerprint density at radius 2 is 1.79 bits per heavy atom. The van der Waals surface area contributed by atoms with Gasteiger partial charge in [0.05, 0.1) is 0 Å². The summed E-state index contributed by atoms with van der Waals surface area (Å²) in [5.74, 6) is 1.95. The van der Waals surface area contributed by atoms with Crippen molar-refractivity contribution in [3.05, 3.63) is 71.3 Å². The predicted octanol–water partition coefficient (Wildman–Crippen LogP) is 4.81. The number of furan rings is 1. The number of hydrogen-bond donors (Lipinski definition) is 0. The summed E-state index contributed by atoms with van der Waals surface area (Å²) in [5.41, 5.74) is 7.10. The number of benzene rings is 3. The summed E-state index contributed by atoms with van der Waals surface area (Å²) < 4.78 is 15.4. The van der Waals surface area contributed by atoms with Crippen molar-refractivity contribution < 1.29 is 9.15 Å². The van der Waals surface area contributed by atoms with Crippen molar-refractivity contribution in [2.75, 3.05) is 11.5 Å². The van der Waals surface area contributed by atoms with Gasteiger partial charge in [-0.3, -0.25) is 0 Å². The van der Waals surface area contributed by atoms with Crippen molar-refractivity contribution in [1.29, 1.82) is 0 Å². The van der Waals surface area contributed by atoms with E-state index in [4.69, 9.17) is 9.15 Å². The van der Waals surface area contributed by atoms with Crippen LogP contribution in [-0.4, -0.2) is 21.6 Å². The molecule has 3 aromatic carbocycles. The van der Waals surface area contributed by atoms with Crippen LogP contribution in [0.5, 0.6) is 5.75 Å². The van der Waals surface area contributed by atoms with E-state index >= 15 is 0 Å². The molecule has 1 aromatic heterocycles. The fourth-order valence-electron chi connectivity index (χ4n) is 4.32. The normalized spacial score (nSPS) is 14.9. The molecule has 2 aliphatic heterocycles. The Morgan fingerprint density at radius 3 is 2.72 bits per heavy atom. The van der Waals surface area contributed by atoms with Crippen LogP contribution in [0, 0.1) is 13.8 Å². The Morgan fingerprint density at radius 1 is 0.931 bits per heavy atom. The molecule has 0 saturated heterocycles. The molecule has 3 nitrogen and oxygen atoms in total. The Labute approximate surface area is 176 Å². The van der Waals surface area contributed by atoms with E-state index in [1.165, 1.54) is 36.7 Å². The van der Waals surface area contributed by atoms with E-state index in [0.717, 1.165) is 42.4 Å². The summed E-state index contributed by atoms with van der Waals surface area (Å²) in [4.78, 5) is 2.29. The van der Waals surface area contributed by atoms with Gasteiger partial charge in [-0.15, -0.1) is 0 Å². The summed E-state index contributed by atoms with van der Waals surface area (Å²) in [6.07, 6.45) is 2.14. The first-order valence-electron chi connectivity index (χ1n) is 10.1. The monoisotopic (exact) mass is 447 g/mol. The average molecular weight is 446 g/mol. The van der Waals surface area contributed by atoms with Gasteiger partial charge in [-0.05, 0) is 0 Å². The number of para-hydroxylation sites is 1. The molecule has 0 unspecified atom stereocenters. The number of anilines is 3. The molecular weight excluding hydrogens is 425 g/mol. The summed E-state index contributed by atoms with van der Waals surface area (Å²) in [5, 5.41) is 1.24. The van der Waals surface area contributed by atoms with E-state index in [1.807, 2.05) is 0 Å². The third kappa shape index (κ3) is 2.63. The van der Waals surface area contributed by atoms with Crippen LogP contribution in [0.3, 0.4) is 0 Å². The molecule has 0 bridgehead atoms. The van der Waals surface area contributed by atoms with Gasteiger partial charge in [0.15, 0.2) is 0 Å². The fraction of sp³-hybridized carbons (Fsp3) is 0.200. The third-order valence-corrected chi connectivity index (χ3v) is 8.11. The van der Waals surface area contributed by atoms with E-state index in [0.29, 0.717) is 0 Å². The molecule has 0 atom stereocenters. The van der Waals surface area contributed by atoms with Crippen LogP contribution in [0.1, 0.15) is 23.1 Å². The van der Waals surface area contributed by atoms with Crippen molar-refractivity contribution in [1.82, 2.24) is 0 Å². The van der Waals surface area contributed by atoms with E-state index < -0.39 is 0 Å². The molecule has 0 aliphatic carbocycles. The van der Waals surface area contributed by atoms with Crippen molar-refractivity contribution in [2.24, 2.45) is 0 Å². The van der Waals surface area contributed by atoms with Crippen LogP contribution >= 0.6 is 0 Å². The first-order valence-corrected chi connectivity index (χ1v) is 11.8. The van der Waals surface area contributed by atoms with Gasteiger partial charge in [-0.25, -0.2) is 0 Å². The van der Waals surface area contributed by atoms with Gasteiger partial charge in [0, 0.05) is 0 Å². The topological polar surface area (TPSA) is 25.6 Å². The molecule has 0 amide bonds. The van der Waals surface area contributed by atoms with Gasteiger partial charge in [0.1, 0.15) is 0 Å². The Hall–Kier alpha value is -2.68. The SMILES string of the molecule is Cc1ccc2c(c1)[Se]c1c(oc3ccc(C)cc13)N2c1cccc2c1OCCC2. The van der Waals surface area contributed by atoms with E-state index in [1.54, 1.807) is 0 Å². The van der Waals surface area contributed by atoms with Crippen molar-refractivity contribution in [3.8, 4) is 5.75 Å². The Balaban J connectivity index is 1.66. The van der Waals surface area contributed by atoms with Crippen molar-refractivity contribution in [2.45, 2.75) is 26.7 Å². The molecule has 2 aliphatic rings. The van der Waals surface area contributed by atoms with Crippen LogP contribution in [0.25, 0.3) is 11.0 Å². The molecule has 144 valence electrons. The van der Waals surface area contributed by atoms with E-state index in [2.05, 4.69) is 73.3 Å². The first kappa shape index (κ1) is 17.2.